The van der Waals surface area contributed by atoms with Crippen molar-refractivity contribution in [1.29, 1.82) is 5.26 Å². The molecule has 0 aliphatic carbocycles. The average Bonchev–Trinajstić information content (AvgIpc) is 2.34. The summed E-state index contributed by atoms with van der Waals surface area (Å²) in [4.78, 5) is 11.0. The Morgan fingerprint density at radius 2 is 2.05 bits per heavy atom. The Labute approximate surface area is 113 Å². The van der Waals surface area contributed by atoms with Gasteiger partial charge in [-0.25, -0.2) is 0 Å². The minimum absolute atomic E-state index is 0.0648. The van der Waals surface area contributed by atoms with Crippen LogP contribution < -0.4 is 10.5 Å². The summed E-state index contributed by atoms with van der Waals surface area (Å²) >= 11 is 0. The van der Waals surface area contributed by atoms with Crippen molar-refractivity contribution in [2.75, 3.05) is 7.11 Å². The second-order valence-electron chi connectivity index (χ2n) is 5.24. The number of hydrogen-bond acceptors (Lipinski definition) is 3. The Balaban J connectivity index is 3.35. The minimum atomic E-state index is -0.726. The van der Waals surface area contributed by atoms with E-state index in [1.807, 2.05) is 12.1 Å². The lowest BCUT2D eigenvalue weighted by molar-refractivity contribution is -0.114. The molecule has 100 valence electrons. The maximum Gasteiger partial charge on any atom is 0.259 e. The molecular formula is C15H18N2O2. The highest BCUT2D eigenvalue weighted by Crippen LogP contribution is 2.32. The van der Waals surface area contributed by atoms with E-state index < -0.39 is 5.91 Å². The van der Waals surface area contributed by atoms with Crippen molar-refractivity contribution in [2.24, 2.45) is 5.73 Å². The van der Waals surface area contributed by atoms with Crippen LogP contribution in [0.25, 0.3) is 6.08 Å². The zero-order valence-corrected chi connectivity index (χ0v) is 11.7. The Morgan fingerprint density at radius 1 is 1.42 bits per heavy atom. The van der Waals surface area contributed by atoms with Gasteiger partial charge in [-0.15, -0.1) is 0 Å². The summed E-state index contributed by atoms with van der Waals surface area (Å²) in [7, 11) is 1.62. The van der Waals surface area contributed by atoms with Gasteiger partial charge in [-0.1, -0.05) is 26.8 Å². The third-order valence-electron chi connectivity index (χ3n) is 2.73. The summed E-state index contributed by atoms with van der Waals surface area (Å²) in [6, 6.07) is 7.30. The third kappa shape index (κ3) is 3.59. The molecule has 0 unspecified atom stereocenters. The zero-order chi connectivity index (χ0) is 14.6. The number of ether oxygens (including phenoxy) is 1. The lowest BCUT2D eigenvalue weighted by atomic mass is 9.85. The number of rotatable bonds is 3. The van der Waals surface area contributed by atoms with Crippen LogP contribution in [-0.4, -0.2) is 13.0 Å². The van der Waals surface area contributed by atoms with E-state index in [2.05, 4.69) is 20.8 Å². The van der Waals surface area contributed by atoms with Crippen LogP contribution >= 0.6 is 0 Å². The Kier molecular flexibility index (Phi) is 4.34. The van der Waals surface area contributed by atoms with E-state index >= 15 is 0 Å². The van der Waals surface area contributed by atoms with Gasteiger partial charge in [-0.05, 0) is 29.2 Å². The van der Waals surface area contributed by atoms with Crippen LogP contribution in [0.4, 0.5) is 0 Å². The lowest BCUT2D eigenvalue weighted by Crippen LogP contribution is -2.14. The van der Waals surface area contributed by atoms with E-state index in [1.54, 1.807) is 19.2 Å². The molecule has 19 heavy (non-hydrogen) atoms. The minimum Gasteiger partial charge on any atom is -0.496 e. The number of amides is 1. The predicted octanol–water partition coefficient (Wildman–Crippen LogP) is 2.38. The summed E-state index contributed by atoms with van der Waals surface area (Å²) in [6.07, 6.45) is 1.48. The fraction of sp³-hybridized carbons (Fsp3) is 0.333. The smallest absolute Gasteiger partial charge is 0.259 e. The van der Waals surface area contributed by atoms with Crippen molar-refractivity contribution in [2.45, 2.75) is 26.2 Å². The highest BCUT2D eigenvalue weighted by Gasteiger charge is 2.19. The normalized spacial score (nSPS) is 11.8. The molecule has 0 aromatic heterocycles. The first kappa shape index (κ1) is 14.8. The molecule has 0 bridgehead atoms. The third-order valence-corrected chi connectivity index (χ3v) is 2.73. The second kappa shape index (κ2) is 5.57. The SMILES string of the molecule is COc1ccc(C=C(C#N)C(N)=O)cc1C(C)(C)C. The van der Waals surface area contributed by atoms with Gasteiger partial charge in [0, 0.05) is 5.56 Å². The van der Waals surface area contributed by atoms with Gasteiger partial charge < -0.3 is 10.5 Å². The predicted molar refractivity (Wildman–Crippen MR) is 74.5 cm³/mol. The average molecular weight is 258 g/mol. The van der Waals surface area contributed by atoms with E-state index in [9.17, 15) is 4.79 Å². The first-order chi connectivity index (χ1) is 8.79. The molecule has 0 heterocycles. The summed E-state index contributed by atoms with van der Waals surface area (Å²) in [6.45, 7) is 6.20. The quantitative estimate of drug-likeness (QED) is 0.668. The van der Waals surface area contributed by atoms with Crippen molar-refractivity contribution in [3.8, 4) is 11.8 Å². The molecule has 0 saturated heterocycles. The first-order valence-corrected chi connectivity index (χ1v) is 5.89. The number of nitrogens with zero attached hydrogens (tertiary/aromatic N) is 1. The van der Waals surface area contributed by atoms with Gasteiger partial charge in [-0.2, -0.15) is 5.26 Å². The number of nitriles is 1. The number of primary amides is 1. The number of nitrogens with two attached hydrogens (primary N) is 1. The van der Waals surface area contributed by atoms with Crippen molar-refractivity contribution in [1.82, 2.24) is 0 Å². The van der Waals surface area contributed by atoms with Crippen LogP contribution in [-0.2, 0) is 10.2 Å². The van der Waals surface area contributed by atoms with Gasteiger partial charge in [0.25, 0.3) is 5.91 Å². The molecule has 1 aromatic rings. The van der Waals surface area contributed by atoms with Gasteiger partial charge in [0.2, 0.25) is 0 Å². The van der Waals surface area contributed by atoms with Crippen LogP contribution in [0.5, 0.6) is 5.75 Å². The fourth-order valence-electron chi connectivity index (χ4n) is 1.73. The second-order valence-corrected chi connectivity index (χ2v) is 5.24. The largest absolute Gasteiger partial charge is 0.496 e. The van der Waals surface area contributed by atoms with Crippen LogP contribution in [0.2, 0.25) is 0 Å². The Hall–Kier alpha value is -2.28. The van der Waals surface area contributed by atoms with E-state index in [4.69, 9.17) is 15.7 Å². The molecule has 0 fully saturated rings. The van der Waals surface area contributed by atoms with Gasteiger partial charge in [0.05, 0.1) is 7.11 Å². The molecule has 0 radical (unpaired) electrons. The highest BCUT2D eigenvalue weighted by atomic mass is 16.5. The topological polar surface area (TPSA) is 76.1 Å². The molecule has 1 rings (SSSR count). The lowest BCUT2D eigenvalue weighted by Gasteiger charge is -2.22. The molecule has 0 spiro atoms. The summed E-state index contributed by atoms with van der Waals surface area (Å²) in [5.74, 6) is 0.0536. The van der Waals surface area contributed by atoms with Crippen molar-refractivity contribution in [3.05, 3.63) is 34.9 Å². The number of hydrogen-bond donors (Lipinski definition) is 1. The fourth-order valence-corrected chi connectivity index (χ4v) is 1.73. The van der Waals surface area contributed by atoms with Crippen molar-refractivity contribution in [3.63, 3.8) is 0 Å². The van der Waals surface area contributed by atoms with E-state index in [0.717, 1.165) is 16.9 Å². The number of methoxy groups -OCH3 is 1. The standard InChI is InChI=1S/C15H18N2O2/c1-15(2,3)12-8-10(5-6-13(12)19-4)7-11(9-16)14(17)18/h5-8H,1-4H3,(H2,17,18). The van der Waals surface area contributed by atoms with Crippen molar-refractivity contribution < 1.29 is 9.53 Å². The molecule has 0 atom stereocenters. The van der Waals surface area contributed by atoms with E-state index in [-0.39, 0.29) is 11.0 Å². The molecular weight excluding hydrogens is 240 g/mol. The van der Waals surface area contributed by atoms with Gasteiger partial charge >= 0.3 is 0 Å². The number of benzene rings is 1. The van der Waals surface area contributed by atoms with E-state index in [1.165, 1.54) is 6.08 Å². The number of carbonyl (C=O) groups excluding carboxylic acids is 1. The van der Waals surface area contributed by atoms with Crippen LogP contribution in [0.15, 0.2) is 23.8 Å². The molecule has 0 aliphatic heterocycles. The Morgan fingerprint density at radius 3 is 2.47 bits per heavy atom. The molecule has 2 N–H and O–H groups in total. The molecule has 1 aromatic carbocycles. The van der Waals surface area contributed by atoms with Crippen LogP contribution in [0, 0.1) is 11.3 Å². The first-order valence-electron chi connectivity index (χ1n) is 5.89. The van der Waals surface area contributed by atoms with Crippen LogP contribution in [0.1, 0.15) is 31.9 Å². The maximum absolute atomic E-state index is 11.0. The summed E-state index contributed by atoms with van der Waals surface area (Å²) in [5, 5.41) is 8.84. The summed E-state index contributed by atoms with van der Waals surface area (Å²) in [5.41, 5.74) is 6.71. The summed E-state index contributed by atoms with van der Waals surface area (Å²) < 4.78 is 5.33. The Bertz CT molecular complexity index is 560. The molecule has 0 saturated carbocycles. The van der Waals surface area contributed by atoms with Crippen molar-refractivity contribution >= 4 is 12.0 Å². The van der Waals surface area contributed by atoms with E-state index in [0.29, 0.717) is 0 Å². The van der Waals surface area contributed by atoms with Crippen LogP contribution in [0.3, 0.4) is 0 Å². The maximum atomic E-state index is 11.0. The van der Waals surface area contributed by atoms with Gasteiger partial charge in [-0.3, -0.25) is 4.79 Å². The zero-order valence-electron chi connectivity index (χ0n) is 11.7. The molecule has 4 nitrogen and oxygen atoms in total. The molecule has 1 amide bonds. The molecule has 4 heteroatoms. The van der Waals surface area contributed by atoms with Gasteiger partial charge in [0.15, 0.2) is 0 Å². The molecule has 0 aliphatic rings. The number of carbonyl (C=O) groups is 1. The highest BCUT2D eigenvalue weighted by molar-refractivity contribution is 6.00. The van der Waals surface area contributed by atoms with Gasteiger partial charge in [0.1, 0.15) is 17.4 Å². The monoisotopic (exact) mass is 258 g/mol.